The monoisotopic (exact) mass is 313 g/mol. The van der Waals surface area contributed by atoms with Gasteiger partial charge in [-0.15, -0.1) is 11.6 Å². The van der Waals surface area contributed by atoms with Gasteiger partial charge in [0, 0.05) is 23.0 Å². The minimum Gasteiger partial charge on any atom is -0.328 e. The average molecular weight is 314 g/mol. The molecule has 0 radical (unpaired) electrons. The summed E-state index contributed by atoms with van der Waals surface area (Å²) in [5.41, 5.74) is 0.864. The highest BCUT2D eigenvalue weighted by Crippen LogP contribution is 2.21. The molecule has 1 aromatic rings. The van der Waals surface area contributed by atoms with Crippen molar-refractivity contribution < 1.29 is 18.0 Å². The van der Waals surface area contributed by atoms with Gasteiger partial charge in [-0.05, 0) is 24.6 Å². The van der Waals surface area contributed by atoms with Gasteiger partial charge in [-0.2, -0.15) is 13.2 Å². The molecule has 0 bridgehead atoms. The number of amides is 1. The maximum Gasteiger partial charge on any atom is 0.406 e. The fourth-order valence-electron chi connectivity index (χ4n) is 1.48. The standard InChI is InChI=1S/C12H12Cl2F3NO/c1-8-2-3-9(6-10(8)14)11(19)18(5-4-13)7-12(15,16)17/h2-3,6H,4-5,7H2,1H3. The van der Waals surface area contributed by atoms with Crippen molar-refractivity contribution in [3.8, 4) is 0 Å². The Hall–Kier alpha value is -0.940. The average Bonchev–Trinajstić information content (AvgIpc) is 2.29. The molecule has 2 nitrogen and oxygen atoms in total. The SMILES string of the molecule is Cc1ccc(C(=O)N(CCCl)CC(F)(F)F)cc1Cl. The van der Waals surface area contributed by atoms with Crippen LogP contribution in [0.4, 0.5) is 13.2 Å². The number of benzene rings is 1. The summed E-state index contributed by atoms with van der Waals surface area (Å²) in [6, 6.07) is 4.39. The number of nitrogens with zero attached hydrogens (tertiary/aromatic N) is 1. The minimum atomic E-state index is -4.46. The van der Waals surface area contributed by atoms with Crippen LogP contribution in [0.2, 0.25) is 5.02 Å². The largest absolute Gasteiger partial charge is 0.406 e. The molecule has 0 atom stereocenters. The molecular formula is C12H12Cl2F3NO. The first-order valence-electron chi connectivity index (χ1n) is 5.42. The molecule has 0 aliphatic heterocycles. The second kappa shape index (κ2) is 6.48. The van der Waals surface area contributed by atoms with Gasteiger partial charge in [-0.25, -0.2) is 0 Å². The van der Waals surface area contributed by atoms with Crippen LogP contribution >= 0.6 is 23.2 Å². The van der Waals surface area contributed by atoms with Crippen LogP contribution in [-0.4, -0.2) is 36.0 Å². The first-order chi connectivity index (χ1) is 8.74. The van der Waals surface area contributed by atoms with Crippen LogP contribution in [0, 0.1) is 6.92 Å². The van der Waals surface area contributed by atoms with Crippen molar-refractivity contribution in [1.29, 1.82) is 0 Å². The number of halogens is 5. The maximum absolute atomic E-state index is 12.4. The molecule has 0 aliphatic rings. The molecule has 0 heterocycles. The van der Waals surface area contributed by atoms with Crippen LogP contribution in [0.3, 0.4) is 0 Å². The number of aryl methyl sites for hydroxylation is 1. The van der Waals surface area contributed by atoms with Crippen molar-refractivity contribution >= 4 is 29.1 Å². The normalized spacial score (nSPS) is 11.5. The van der Waals surface area contributed by atoms with Gasteiger partial charge in [-0.1, -0.05) is 17.7 Å². The summed E-state index contributed by atoms with van der Waals surface area (Å²) < 4.78 is 37.2. The molecule has 0 N–H and O–H groups in total. The molecule has 106 valence electrons. The smallest absolute Gasteiger partial charge is 0.328 e. The quantitative estimate of drug-likeness (QED) is 0.772. The molecule has 0 spiro atoms. The highest BCUT2D eigenvalue weighted by Gasteiger charge is 2.33. The molecule has 19 heavy (non-hydrogen) atoms. The molecular weight excluding hydrogens is 302 g/mol. The van der Waals surface area contributed by atoms with Crippen LogP contribution in [0.5, 0.6) is 0 Å². The summed E-state index contributed by atoms with van der Waals surface area (Å²) in [6.45, 7) is 0.234. The van der Waals surface area contributed by atoms with E-state index in [2.05, 4.69) is 0 Å². The Bertz CT molecular complexity index is 463. The highest BCUT2D eigenvalue weighted by molar-refractivity contribution is 6.31. The number of alkyl halides is 4. The zero-order valence-corrected chi connectivity index (χ0v) is 11.6. The minimum absolute atomic E-state index is 0.0680. The van der Waals surface area contributed by atoms with Crippen LogP contribution in [0.15, 0.2) is 18.2 Å². The van der Waals surface area contributed by atoms with Gasteiger partial charge in [0.05, 0.1) is 0 Å². The first-order valence-corrected chi connectivity index (χ1v) is 6.34. The number of carbonyl (C=O) groups excluding carboxylic acids is 1. The van der Waals surface area contributed by atoms with E-state index >= 15 is 0 Å². The topological polar surface area (TPSA) is 20.3 Å². The van der Waals surface area contributed by atoms with Gasteiger partial charge in [0.15, 0.2) is 0 Å². The van der Waals surface area contributed by atoms with E-state index in [9.17, 15) is 18.0 Å². The van der Waals surface area contributed by atoms with Crippen LogP contribution in [-0.2, 0) is 0 Å². The van der Waals surface area contributed by atoms with Gasteiger partial charge in [0.2, 0.25) is 0 Å². The zero-order valence-electron chi connectivity index (χ0n) is 10.1. The predicted octanol–water partition coefficient (Wildman–Crippen LogP) is 3.89. The summed E-state index contributed by atoms with van der Waals surface area (Å²) in [7, 11) is 0. The van der Waals surface area contributed by atoms with Gasteiger partial charge in [0.25, 0.3) is 5.91 Å². The summed E-state index contributed by atoms with van der Waals surface area (Å²) >= 11 is 11.3. The van der Waals surface area contributed by atoms with Crippen LogP contribution in [0.1, 0.15) is 15.9 Å². The summed E-state index contributed by atoms with van der Waals surface area (Å²) in [5.74, 6) is -0.804. The maximum atomic E-state index is 12.4. The number of rotatable bonds is 4. The van der Waals surface area contributed by atoms with Crippen LogP contribution < -0.4 is 0 Å². The second-order valence-corrected chi connectivity index (χ2v) is 4.78. The molecule has 0 unspecified atom stereocenters. The van der Waals surface area contributed by atoms with Crippen molar-refractivity contribution in [3.05, 3.63) is 34.3 Å². The Kier molecular flexibility index (Phi) is 5.50. The van der Waals surface area contributed by atoms with Crippen molar-refractivity contribution in [2.24, 2.45) is 0 Å². The third-order valence-corrected chi connectivity index (χ3v) is 3.01. The Morgan fingerprint density at radius 2 is 2.00 bits per heavy atom. The molecule has 0 aliphatic carbocycles. The molecule has 7 heteroatoms. The third-order valence-electron chi connectivity index (χ3n) is 2.43. The highest BCUT2D eigenvalue weighted by atomic mass is 35.5. The van der Waals surface area contributed by atoms with Crippen molar-refractivity contribution in [1.82, 2.24) is 4.90 Å². The van der Waals surface area contributed by atoms with E-state index in [4.69, 9.17) is 23.2 Å². The van der Waals surface area contributed by atoms with Gasteiger partial charge in [0.1, 0.15) is 6.54 Å². The molecule has 1 aromatic carbocycles. The zero-order chi connectivity index (χ0) is 14.6. The van der Waals surface area contributed by atoms with E-state index in [1.165, 1.54) is 12.1 Å². The molecule has 0 aromatic heterocycles. The van der Waals surface area contributed by atoms with Crippen molar-refractivity contribution in [2.45, 2.75) is 13.1 Å². The van der Waals surface area contributed by atoms with E-state index in [0.29, 0.717) is 9.92 Å². The van der Waals surface area contributed by atoms with E-state index < -0.39 is 18.6 Å². The Morgan fingerprint density at radius 3 is 2.47 bits per heavy atom. The fourth-order valence-corrected chi connectivity index (χ4v) is 1.86. The lowest BCUT2D eigenvalue weighted by Gasteiger charge is -2.23. The number of hydrogen-bond donors (Lipinski definition) is 0. The predicted molar refractivity (Wildman–Crippen MR) is 68.9 cm³/mol. The first kappa shape index (κ1) is 16.1. The number of hydrogen-bond acceptors (Lipinski definition) is 1. The molecule has 0 saturated heterocycles. The van der Waals surface area contributed by atoms with Crippen molar-refractivity contribution in [2.75, 3.05) is 19.0 Å². The number of carbonyl (C=O) groups is 1. The van der Waals surface area contributed by atoms with Gasteiger partial charge >= 0.3 is 6.18 Å². The lowest BCUT2D eigenvalue weighted by molar-refractivity contribution is -0.140. The fraction of sp³-hybridized carbons (Fsp3) is 0.417. The van der Waals surface area contributed by atoms with Crippen LogP contribution in [0.25, 0.3) is 0 Å². The van der Waals surface area contributed by atoms with E-state index in [1.54, 1.807) is 13.0 Å². The lowest BCUT2D eigenvalue weighted by Crippen LogP contribution is -2.40. The van der Waals surface area contributed by atoms with E-state index in [0.717, 1.165) is 5.56 Å². The summed E-state index contributed by atoms with van der Waals surface area (Å²) in [4.78, 5) is 12.6. The van der Waals surface area contributed by atoms with Gasteiger partial charge in [-0.3, -0.25) is 4.79 Å². The molecule has 1 amide bonds. The van der Waals surface area contributed by atoms with Gasteiger partial charge < -0.3 is 4.90 Å². The summed E-state index contributed by atoms with van der Waals surface area (Å²) in [6.07, 6.45) is -4.46. The Labute approximate surface area is 119 Å². The lowest BCUT2D eigenvalue weighted by atomic mass is 10.1. The van der Waals surface area contributed by atoms with Crippen molar-refractivity contribution in [3.63, 3.8) is 0 Å². The second-order valence-electron chi connectivity index (χ2n) is 3.99. The molecule has 0 fully saturated rings. The van der Waals surface area contributed by atoms with E-state index in [1.807, 2.05) is 0 Å². The molecule has 0 saturated carbocycles. The summed E-state index contributed by atoms with van der Waals surface area (Å²) in [5, 5.41) is 0.337. The molecule has 1 rings (SSSR count). The Balaban J connectivity index is 2.95. The third kappa shape index (κ3) is 4.91. The Morgan fingerprint density at radius 1 is 1.37 bits per heavy atom. The van der Waals surface area contributed by atoms with E-state index in [-0.39, 0.29) is 18.0 Å².